The first-order valence-corrected chi connectivity index (χ1v) is 8.86. The van der Waals surface area contributed by atoms with E-state index in [1.807, 2.05) is 32.0 Å². The first-order chi connectivity index (χ1) is 12.6. The molecule has 0 aliphatic heterocycles. The van der Waals surface area contributed by atoms with Crippen LogP contribution in [0.4, 0.5) is 5.95 Å². The molecule has 2 amide bonds. The molecular weight excluding hydrogens is 342 g/mol. The molecule has 0 fully saturated rings. The van der Waals surface area contributed by atoms with Crippen LogP contribution in [0.25, 0.3) is 0 Å². The Morgan fingerprint density at radius 3 is 2.07 bits per heavy atom. The van der Waals surface area contributed by atoms with Gasteiger partial charge in [-0.15, -0.1) is 0 Å². The second-order valence-electron chi connectivity index (χ2n) is 7.61. The summed E-state index contributed by atoms with van der Waals surface area (Å²) in [6.45, 7) is 11.6. The number of aromatic nitrogens is 2. The van der Waals surface area contributed by atoms with Gasteiger partial charge in [0.2, 0.25) is 5.95 Å². The molecule has 2 rings (SSSR count). The number of nitrogens with zero attached hydrogens (tertiary/aromatic N) is 2. The fraction of sp³-hybridized carbons (Fsp3) is 0.400. The molecular formula is C20H27N5O2. The monoisotopic (exact) mass is 369 g/mol. The number of hydrazine groups is 1. The number of anilines is 1. The highest BCUT2D eigenvalue weighted by Gasteiger charge is 2.18. The van der Waals surface area contributed by atoms with Crippen molar-refractivity contribution in [1.82, 2.24) is 20.7 Å². The number of amides is 2. The zero-order valence-electron chi connectivity index (χ0n) is 16.7. The predicted molar refractivity (Wildman–Crippen MR) is 105 cm³/mol. The first-order valence-electron chi connectivity index (χ1n) is 8.86. The van der Waals surface area contributed by atoms with Crippen LogP contribution >= 0.6 is 0 Å². The Bertz CT molecular complexity index is 805. The van der Waals surface area contributed by atoms with E-state index in [1.165, 1.54) is 0 Å². The average Bonchev–Trinajstić information content (AvgIpc) is 2.58. The van der Waals surface area contributed by atoms with Crippen molar-refractivity contribution in [3.8, 4) is 0 Å². The van der Waals surface area contributed by atoms with Gasteiger partial charge in [0.1, 0.15) is 6.04 Å². The minimum Gasteiger partial charge on any atom is -0.340 e. The topological polar surface area (TPSA) is 96.0 Å². The molecule has 0 aliphatic carbocycles. The number of hydrogen-bond donors (Lipinski definition) is 3. The lowest BCUT2D eigenvalue weighted by atomic mass is 9.86. The van der Waals surface area contributed by atoms with E-state index in [-0.39, 0.29) is 11.3 Å². The maximum atomic E-state index is 12.3. The number of carbonyl (C=O) groups excluding carboxylic acids is 2. The Balaban J connectivity index is 1.92. The van der Waals surface area contributed by atoms with Gasteiger partial charge in [0.05, 0.1) is 0 Å². The smallest absolute Gasteiger partial charge is 0.260 e. The molecule has 0 saturated carbocycles. The molecule has 0 aliphatic rings. The van der Waals surface area contributed by atoms with Gasteiger partial charge in [-0.3, -0.25) is 20.4 Å². The predicted octanol–water partition coefficient (Wildman–Crippen LogP) is 2.65. The molecule has 0 spiro atoms. The lowest BCUT2D eigenvalue weighted by Gasteiger charge is -2.19. The fourth-order valence-corrected chi connectivity index (χ4v) is 2.47. The summed E-state index contributed by atoms with van der Waals surface area (Å²) in [7, 11) is 0. The number of nitrogens with one attached hydrogen (secondary N) is 3. The Hall–Kier alpha value is -2.96. The van der Waals surface area contributed by atoms with Crippen molar-refractivity contribution >= 4 is 17.8 Å². The number of benzene rings is 1. The van der Waals surface area contributed by atoms with Gasteiger partial charge >= 0.3 is 0 Å². The van der Waals surface area contributed by atoms with E-state index < -0.39 is 11.9 Å². The van der Waals surface area contributed by atoms with Crippen molar-refractivity contribution in [2.24, 2.45) is 0 Å². The fourth-order valence-electron chi connectivity index (χ4n) is 2.47. The Morgan fingerprint density at radius 2 is 1.56 bits per heavy atom. The lowest BCUT2D eigenvalue weighted by Crippen LogP contribution is -2.46. The van der Waals surface area contributed by atoms with Crippen molar-refractivity contribution < 1.29 is 9.59 Å². The molecule has 2 aromatic rings. The SMILES string of the molecule is Cc1cc(C)nc(NNC(=O)[C@H](C)NC(=O)c2ccc(C(C)(C)C)cc2)n1. The van der Waals surface area contributed by atoms with Gasteiger partial charge in [0.25, 0.3) is 11.8 Å². The van der Waals surface area contributed by atoms with Gasteiger partial charge in [0, 0.05) is 17.0 Å². The summed E-state index contributed by atoms with van der Waals surface area (Å²) in [5, 5.41) is 2.68. The average molecular weight is 369 g/mol. The highest BCUT2D eigenvalue weighted by atomic mass is 16.2. The molecule has 1 aromatic heterocycles. The minimum absolute atomic E-state index is 0.0179. The minimum atomic E-state index is -0.724. The quantitative estimate of drug-likeness (QED) is 0.704. The van der Waals surface area contributed by atoms with Gasteiger partial charge in [-0.25, -0.2) is 9.97 Å². The molecule has 1 atom stereocenters. The molecule has 7 nitrogen and oxygen atoms in total. The third kappa shape index (κ3) is 5.77. The van der Waals surface area contributed by atoms with Crippen LogP contribution in [0.2, 0.25) is 0 Å². The van der Waals surface area contributed by atoms with Crippen molar-refractivity contribution in [2.75, 3.05) is 5.43 Å². The molecule has 0 bridgehead atoms. The van der Waals surface area contributed by atoms with Crippen LogP contribution in [0.15, 0.2) is 30.3 Å². The van der Waals surface area contributed by atoms with Gasteiger partial charge in [0.15, 0.2) is 0 Å². The molecule has 7 heteroatoms. The third-order valence-electron chi connectivity index (χ3n) is 4.03. The van der Waals surface area contributed by atoms with E-state index in [2.05, 4.69) is 46.9 Å². The molecule has 27 heavy (non-hydrogen) atoms. The van der Waals surface area contributed by atoms with Crippen LogP contribution in [-0.4, -0.2) is 27.8 Å². The largest absolute Gasteiger partial charge is 0.340 e. The van der Waals surface area contributed by atoms with Crippen LogP contribution in [0.3, 0.4) is 0 Å². The number of carbonyl (C=O) groups is 2. The summed E-state index contributed by atoms with van der Waals surface area (Å²) in [5.74, 6) is -0.393. The molecule has 0 saturated heterocycles. The van der Waals surface area contributed by atoms with Crippen molar-refractivity contribution in [3.05, 3.63) is 52.8 Å². The third-order valence-corrected chi connectivity index (χ3v) is 4.03. The number of rotatable bonds is 5. The summed E-state index contributed by atoms with van der Waals surface area (Å²) in [4.78, 5) is 32.9. The van der Waals surface area contributed by atoms with Gasteiger partial charge in [-0.1, -0.05) is 32.9 Å². The second kappa shape index (κ2) is 8.16. The summed E-state index contributed by atoms with van der Waals surface area (Å²) < 4.78 is 0. The van der Waals surface area contributed by atoms with E-state index in [0.717, 1.165) is 17.0 Å². The zero-order valence-corrected chi connectivity index (χ0v) is 16.7. The first kappa shape index (κ1) is 20.4. The normalized spacial score (nSPS) is 12.2. The lowest BCUT2D eigenvalue weighted by molar-refractivity contribution is -0.122. The summed E-state index contributed by atoms with van der Waals surface area (Å²) in [5.41, 5.74) is 8.43. The van der Waals surface area contributed by atoms with Crippen LogP contribution in [-0.2, 0) is 10.2 Å². The molecule has 1 aromatic carbocycles. The molecule has 3 N–H and O–H groups in total. The Kier molecular flexibility index (Phi) is 6.15. The van der Waals surface area contributed by atoms with Gasteiger partial charge in [-0.05, 0) is 49.9 Å². The van der Waals surface area contributed by atoms with Crippen molar-refractivity contribution in [3.63, 3.8) is 0 Å². The standard InChI is InChI=1S/C20H27N5O2/c1-12-11-13(2)22-19(21-12)25-24-17(26)14(3)23-18(27)15-7-9-16(10-8-15)20(4,5)6/h7-11,14H,1-6H3,(H,23,27)(H,24,26)(H,21,22,25)/t14-/m0/s1. The van der Waals surface area contributed by atoms with Crippen LogP contribution in [0.5, 0.6) is 0 Å². The second-order valence-corrected chi connectivity index (χ2v) is 7.61. The highest BCUT2D eigenvalue weighted by molar-refractivity contribution is 5.97. The van der Waals surface area contributed by atoms with Gasteiger partial charge in [-0.2, -0.15) is 0 Å². The van der Waals surface area contributed by atoms with E-state index in [9.17, 15) is 9.59 Å². The highest BCUT2D eigenvalue weighted by Crippen LogP contribution is 2.22. The molecule has 0 unspecified atom stereocenters. The zero-order chi connectivity index (χ0) is 20.2. The molecule has 0 radical (unpaired) electrons. The Labute approximate surface area is 160 Å². The Morgan fingerprint density at radius 1 is 1.00 bits per heavy atom. The van der Waals surface area contributed by atoms with E-state index in [0.29, 0.717) is 11.5 Å². The number of hydrogen-bond acceptors (Lipinski definition) is 5. The maximum absolute atomic E-state index is 12.3. The van der Waals surface area contributed by atoms with E-state index in [1.54, 1.807) is 19.1 Å². The number of aryl methyl sites for hydroxylation is 2. The van der Waals surface area contributed by atoms with E-state index in [4.69, 9.17) is 0 Å². The van der Waals surface area contributed by atoms with Crippen molar-refractivity contribution in [2.45, 2.75) is 53.0 Å². The van der Waals surface area contributed by atoms with Gasteiger partial charge < -0.3 is 5.32 Å². The van der Waals surface area contributed by atoms with Crippen LogP contribution < -0.4 is 16.2 Å². The maximum Gasteiger partial charge on any atom is 0.260 e. The van der Waals surface area contributed by atoms with Crippen LogP contribution in [0, 0.1) is 13.8 Å². The van der Waals surface area contributed by atoms with E-state index >= 15 is 0 Å². The summed E-state index contributed by atoms with van der Waals surface area (Å²) in [6.07, 6.45) is 0. The summed E-state index contributed by atoms with van der Waals surface area (Å²) in [6, 6.07) is 8.50. The molecule has 1 heterocycles. The van der Waals surface area contributed by atoms with Crippen LogP contribution in [0.1, 0.15) is 55.0 Å². The van der Waals surface area contributed by atoms with Crippen molar-refractivity contribution in [1.29, 1.82) is 0 Å². The molecule has 144 valence electrons. The summed E-state index contributed by atoms with van der Waals surface area (Å²) >= 11 is 0.